The second-order valence-corrected chi connectivity index (χ2v) is 6.76. The summed E-state index contributed by atoms with van der Waals surface area (Å²) in [5.74, 6) is 4.54. The fourth-order valence-corrected chi connectivity index (χ4v) is 4.95. The predicted molar refractivity (Wildman–Crippen MR) is 69.4 cm³/mol. The molecule has 0 spiro atoms. The third kappa shape index (κ3) is 2.31. The van der Waals surface area contributed by atoms with E-state index in [0.717, 1.165) is 23.7 Å². The molecule has 3 aliphatic carbocycles. The second kappa shape index (κ2) is 5.10. The first-order chi connectivity index (χ1) is 7.93. The molecule has 0 heteroatoms. The third-order valence-electron chi connectivity index (χ3n) is 5.95. The maximum atomic E-state index is 1.59. The van der Waals surface area contributed by atoms with Crippen molar-refractivity contribution in [2.75, 3.05) is 0 Å². The molecule has 4 atom stereocenters. The molecule has 3 saturated carbocycles. The monoisotopic (exact) mass is 220 g/mol. The summed E-state index contributed by atoms with van der Waals surface area (Å²) in [4.78, 5) is 0. The molecule has 0 heterocycles. The van der Waals surface area contributed by atoms with Crippen molar-refractivity contribution in [2.24, 2.45) is 23.7 Å². The van der Waals surface area contributed by atoms with E-state index in [1.54, 1.807) is 51.4 Å². The van der Waals surface area contributed by atoms with Crippen LogP contribution in [0.3, 0.4) is 0 Å². The summed E-state index contributed by atoms with van der Waals surface area (Å²) in [6, 6.07) is 0. The van der Waals surface area contributed by atoms with E-state index in [0.29, 0.717) is 0 Å². The van der Waals surface area contributed by atoms with Crippen molar-refractivity contribution in [1.82, 2.24) is 0 Å². The van der Waals surface area contributed by atoms with Gasteiger partial charge < -0.3 is 0 Å². The summed E-state index contributed by atoms with van der Waals surface area (Å²) in [5.41, 5.74) is 0. The van der Waals surface area contributed by atoms with Gasteiger partial charge in [0.15, 0.2) is 0 Å². The lowest BCUT2D eigenvalue weighted by molar-refractivity contribution is 0.115. The van der Waals surface area contributed by atoms with Crippen LogP contribution in [0.2, 0.25) is 0 Å². The van der Waals surface area contributed by atoms with E-state index in [4.69, 9.17) is 0 Å². The first-order valence-electron chi connectivity index (χ1n) is 7.93. The van der Waals surface area contributed by atoms with E-state index >= 15 is 0 Å². The van der Waals surface area contributed by atoms with Crippen LogP contribution in [0.5, 0.6) is 0 Å². The normalized spacial score (nSPS) is 45.0. The van der Waals surface area contributed by atoms with Gasteiger partial charge in [0.25, 0.3) is 0 Å². The summed E-state index contributed by atoms with van der Waals surface area (Å²) in [6.07, 6.45) is 18.8. The van der Waals surface area contributed by atoms with Gasteiger partial charge in [0.1, 0.15) is 0 Å². The maximum Gasteiger partial charge on any atom is -0.0386 e. The quantitative estimate of drug-likeness (QED) is 0.528. The molecule has 3 aliphatic rings. The Labute approximate surface area is 101 Å². The van der Waals surface area contributed by atoms with Crippen molar-refractivity contribution in [3.63, 3.8) is 0 Å². The molecule has 0 aromatic carbocycles. The predicted octanol–water partition coefficient (Wildman–Crippen LogP) is 5.17. The maximum absolute atomic E-state index is 1.59. The fourth-order valence-electron chi connectivity index (χ4n) is 4.95. The molecule has 0 aromatic rings. The van der Waals surface area contributed by atoms with Crippen molar-refractivity contribution in [1.29, 1.82) is 0 Å². The van der Waals surface area contributed by atoms with Crippen LogP contribution in [0.15, 0.2) is 0 Å². The lowest BCUT2D eigenvalue weighted by Crippen LogP contribution is -2.28. The van der Waals surface area contributed by atoms with Crippen LogP contribution in [0.4, 0.5) is 0 Å². The minimum Gasteiger partial charge on any atom is -0.0530 e. The number of rotatable bonds is 0. The molecule has 16 heavy (non-hydrogen) atoms. The third-order valence-corrected chi connectivity index (χ3v) is 5.95. The van der Waals surface area contributed by atoms with E-state index in [2.05, 4.69) is 0 Å². The van der Waals surface area contributed by atoms with Crippen molar-refractivity contribution in [2.45, 2.75) is 77.0 Å². The minimum atomic E-state index is 1.14. The highest BCUT2D eigenvalue weighted by Crippen LogP contribution is 2.45. The van der Waals surface area contributed by atoms with Gasteiger partial charge in [-0.05, 0) is 49.4 Å². The Morgan fingerprint density at radius 3 is 0.812 bits per heavy atom. The molecule has 0 aromatic heterocycles. The molecule has 0 N–H and O–H groups in total. The van der Waals surface area contributed by atoms with Gasteiger partial charge >= 0.3 is 0 Å². The van der Waals surface area contributed by atoms with E-state index in [1.165, 1.54) is 25.7 Å². The van der Waals surface area contributed by atoms with Crippen LogP contribution in [-0.4, -0.2) is 0 Å². The standard InChI is InChI=1S/C16H28/c1-2-6-14-11-12-16-8-4-3-7-15(16)10-9-13(14)5-1/h13-16H,1-12H2. The molecule has 0 aliphatic heterocycles. The van der Waals surface area contributed by atoms with Gasteiger partial charge in [-0.15, -0.1) is 0 Å². The molecule has 0 saturated heterocycles. The lowest BCUT2D eigenvalue weighted by atomic mass is 9.66. The Balaban J connectivity index is 1.63. The first kappa shape index (κ1) is 11.1. The Morgan fingerprint density at radius 1 is 0.312 bits per heavy atom. The molecule has 0 amide bonds. The summed E-state index contributed by atoms with van der Waals surface area (Å²) in [5, 5.41) is 0. The SMILES string of the molecule is C1CCC2CCC3CCCCC3CCC2C1. The first-order valence-corrected chi connectivity index (χ1v) is 7.93. The zero-order valence-electron chi connectivity index (χ0n) is 10.8. The van der Waals surface area contributed by atoms with Gasteiger partial charge in [0.05, 0.1) is 0 Å². The van der Waals surface area contributed by atoms with Crippen LogP contribution in [0.25, 0.3) is 0 Å². The molecule has 0 bridgehead atoms. The van der Waals surface area contributed by atoms with Gasteiger partial charge in [-0.3, -0.25) is 0 Å². The topological polar surface area (TPSA) is 0 Å². The van der Waals surface area contributed by atoms with Crippen LogP contribution < -0.4 is 0 Å². The van der Waals surface area contributed by atoms with Crippen molar-refractivity contribution in [3.05, 3.63) is 0 Å². The summed E-state index contributed by atoms with van der Waals surface area (Å²) < 4.78 is 0. The number of fused-ring (bicyclic) bond motifs is 2. The molecule has 0 nitrogen and oxygen atoms in total. The molecular weight excluding hydrogens is 192 g/mol. The lowest BCUT2D eigenvalue weighted by Gasteiger charge is -2.40. The highest BCUT2D eigenvalue weighted by Gasteiger charge is 2.32. The van der Waals surface area contributed by atoms with Crippen LogP contribution in [0.1, 0.15) is 77.0 Å². The zero-order valence-corrected chi connectivity index (χ0v) is 10.8. The Bertz CT molecular complexity index is 172. The number of hydrogen-bond donors (Lipinski definition) is 0. The van der Waals surface area contributed by atoms with Crippen LogP contribution in [-0.2, 0) is 0 Å². The number of hydrogen-bond acceptors (Lipinski definition) is 0. The molecule has 3 fully saturated rings. The fraction of sp³-hybridized carbons (Fsp3) is 1.00. The molecule has 3 rings (SSSR count). The largest absolute Gasteiger partial charge is 0.0530 e. The molecule has 0 radical (unpaired) electrons. The van der Waals surface area contributed by atoms with E-state index in [1.807, 2.05) is 0 Å². The van der Waals surface area contributed by atoms with E-state index < -0.39 is 0 Å². The molecule has 4 unspecified atom stereocenters. The summed E-state index contributed by atoms with van der Waals surface area (Å²) in [6.45, 7) is 0. The van der Waals surface area contributed by atoms with Crippen LogP contribution in [0, 0.1) is 23.7 Å². The van der Waals surface area contributed by atoms with E-state index in [-0.39, 0.29) is 0 Å². The minimum absolute atomic E-state index is 1.14. The van der Waals surface area contributed by atoms with Gasteiger partial charge in [-0.25, -0.2) is 0 Å². The Morgan fingerprint density at radius 2 is 0.562 bits per heavy atom. The van der Waals surface area contributed by atoms with Gasteiger partial charge in [-0.1, -0.05) is 51.4 Å². The molecular formula is C16H28. The van der Waals surface area contributed by atoms with Crippen LogP contribution >= 0.6 is 0 Å². The summed E-state index contributed by atoms with van der Waals surface area (Å²) in [7, 11) is 0. The highest BCUT2D eigenvalue weighted by atomic mass is 14.4. The average Bonchev–Trinajstić information content (AvgIpc) is 2.32. The second-order valence-electron chi connectivity index (χ2n) is 6.76. The zero-order chi connectivity index (χ0) is 10.8. The van der Waals surface area contributed by atoms with Crippen molar-refractivity contribution < 1.29 is 0 Å². The van der Waals surface area contributed by atoms with Gasteiger partial charge in [0, 0.05) is 0 Å². The highest BCUT2D eigenvalue weighted by molar-refractivity contribution is 4.84. The Hall–Kier alpha value is 0. The smallest absolute Gasteiger partial charge is 0.0386 e. The Kier molecular flexibility index (Phi) is 3.54. The molecule has 92 valence electrons. The average molecular weight is 220 g/mol. The van der Waals surface area contributed by atoms with Crippen molar-refractivity contribution in [3.8, 4) is 0 Å². The summed E-state index contributed by atoms with van der Waals surface area (Å²) >= 11 is 0. The van der Waals surface area contributed by atoms with Gasteiger partial charge in [-0.2, -0.15) is 0 Å². The van der Waals surface area contributed by atoms with E-state index in [9.17, 15) is 0 Å². The van der Waals surface area contributed by atoms with Crippen molar-refractivity contribution >= 4 is 0 Å². The van der Waals surface area contributed by atoms with Gasteiger partial charge in [0.2, 0.25) is 0 Å².